The third-order valence-electron chi connectivity index (χ3n) is 5.56. The summed E-state index contributed by atoms with van der Waals surface area (Å²) in [6, 6.07) is 5.97. The second-order valence-corrected chi connectivity index (χ2v) is 8.13. The fraction of sp³-hybridized carbons (Fsp3) is 0.522. The molecule has 2 aromatic heterocycles. The molecule has 2 N–H and O–H groups in total. The second kappa shape index (κ2) is 9.20. The molecule has 0 spiro atoms. The lowest BCUT2D eigenvalue weighted by atomic mass is 10.1. The van der Waals surface area contributed by atoms with Gasteiger partial charge in [-0.25, -0.2) is 9.97 Å². The molecule has 1 amide bonds. The standard InChI is InChI=1S/C23H31N5O3/c1-4-30-14-19-26-21-22(28(19)11-6-12-31-15(2)3)17-9-8-16(13-18(17)25-23(21)24)27-10-5-7-20(27)29/h8-9,13,15H,4-7,10-12,14H2,1-3H3,(H2,24,25). The molecule has 4 rings (SSSR count). The van der Waals surface area contributed by atoms with Crippen LogP contribution in [0.15, 0.2) is 18.2 Å². The molecular weight excluding hydrogens is 394 g/mol. The Morgan fingerprint density at radius 3 is 2.81 bits per heavy atom. The number of rotatable bonds is 9. The predicted molar refractivity (Wildman–Crippen MR) is 122 cm³/mol. The second-order valence-electron chi connectivity index (χ2n) is 8.13. The number of imidazole rings is 1. The summed E-state index contributed by atoms with van der Waals surface area (Å²) in [5.74, 6) is 1.38. The highest BCUT2D eigenvalue weighted by Crippen LogP contribution is 2.32. The molecule has 1 fully saturated rings. The molecule has 1 aliphatic heterocycles. The molecule has 0 atom stereocenters. The third kappa shape index (κ3) is 4.36. The maximum absolute atomic E-state index is 12.2. The monoisotopic (exact) mass is 425 g/mol. The fourth-order valence-corrected chi connectivity index (χ4v) is 4.12. The molecule has 3 aromatic rings. The van der Waals surface area contributed by atoms with E-state index >= 15 is 0 Å². The van der Waals surface area contributed by atoms with Crippen LogP contribution in [0.2, 0.25) is 0 Å². The van der Waals surface area contributed by atoms with Gasteiger partial charge < -0.3 is 24.7 Å². The summed E-state index contributed by atoms with van der Waals surface area (Å²) in [6.45, 7) is 9.23. The molecule has 166 valence electrons. The summed E-state index contributed by atoms with van der Waals surface area (Å²) < 4.78 is 13.6. The van der Waals surface area contributed by atoms with Crippen LogP contribution in [0.5, 0.6) is 0 Å². The number of ether oxygens (including phenoxy) is 2. The van der Waals surface area contributed by atoms with Crippen LogP contribution in [0.25, 0.3) is 21.9 Å². The van der Waals surface area contributed by atoms with Gasteiger partial charge in [0, 0.05) is 43.8 Å². The first kappa shape index (κ1) is 21.5. The van der Waals surface area contributed by atoms with Crippen LogP contribution in [0, 0.1) is 0 Å². The van der Waals surface area contributed by atoms with Crippen molar-refractivity contribution in [3.8, 4) is 0 Å². The molecule has 0 unspecified atom stereocenters. The summed E-state index contributed by atoms with van der Waals surface area (Å²) in [7, 11) is 0. The van der Waals surface area contributed by atoms with Crippen LogP contribution < -0.4 is 10.6 Å². The lowest BCUT2D eigenvalue weighted by Crippen LogP contribution is -2.23. The van der Waals surface area contributed by atoms with Crippen LogP contribution in [0.4, 0.5) is 11.5 Å². The van der Waals surface area contributed by atoms with Crippen LogP contribution in [-0.4, -0.2) is 46.3 Å². The van der Waals surface area contributed by atoms with Gasteiger partial charge in [0.15, 0.2) is 5.82 Å². The van der Waals surface area contributed by atoms with Gasteiger partial charge in [0.2, 0.25) is 5.91 Å². The zero-order valence-corrected chi connectivity index (χ0v) is 18.6. The van der Waals surface area contributed by atoms with E-state index in [1.54, 1.807) is 0 Å². The first-order valence-corrected chi connectivity index (χ1v) is 11.1. The van der Waals surface area contributed by atoms with Gasteiger partial charge in [-0.2, -0.15) is 0 Å². The number of benzene rings is 1. The molecule has 0 bridgehead atoms. The van der Waals surface area contributed by atoms with Gasteiger partial charge in [-0.05, 0) is 51.8 Å². The van der Waals surface area contributed by atoms with E-state index in [1.165, 1.54) is 0 Å². The molecule has 31 heavy (non-hydrogen) atoms. The number of nitrogens with zero attached hydrogens (tertiary/aromatic N) is 4. The normalized spacial score (nSPS) is 14.6. The minimum absolute atomic E-state index is 0.155. The Morgan fingerprint density at radius 2 is 2.10 bits per heavy atom. The highest BCUT2D eigenvalue weighted by Gasteiger charge is 2.23. The Labute approximate surface area is 182 Å². The first-order valence-electron chi connectivity index (χ1n) is 11.1. The van der Waals surface area contributed by atoms with E-state index in [2.05, 4.69) is 9.55 Å². The van der Waals surface area contributed by atoms with Gasteiger partial charge >= 0.3 is 0 Å². The third-order valence-corrected chi connectivity index (χ3v) is 5.56. The van der Waals surface area contributed by atoms with Crippen molar-refractivity contribution in [1.82, 2.24) is 14.5 Å². The molecule has 8 heteroatoms. The van der Waals surface area contributed by atoms with Crippen molar-refractivity contribution in [2.24, 2.45) is 0 Å². The SMILES string of the molecule is CCOCc1nc2c(N)nc3cc(N4CCCC4=O)ccc3c2n1CCCOC(C)C. The molecule has 1 aliphatic rings. The average Bonchev–Trinajstić information content (AvgIpc) is 3.33. The number of nitrogen functional groups attached to an aromatic ring is 1. The lowest BCUT2D eigenvalue weighted by molar-refractivity contribution is -0.117. The van der Waals surface area contributed by atoms with E-state index in [0.717, 1.165) is 53.9 Å². The number of carbonyl (C=O) groups is 1. The Morgan fingerprint density at radius 1 is 1.26 bits per heavy atom. The molecule has 0 saturated carbocycles. The van der Waals surface area contributed by atoms with E-state index in [0.29, 0.717) is 37.6 Å². The maximum atomic E-state index is 12.2. The van der Waals surface area contributed by atoms with Gasteiger partial charge in [-0.15, -0.1) is 0 Å². The van der Waals surface area contributed by atoms with Crippen LogP contribution in [-0.2, 0) is 27.4 Å². The number of hydrogen-bond donors (Lipinski definition) is 1. The van der Waals surface area contributed by atoms with Crippen molar-refractivity contribution >= 4 is 39.3 Å². The van der Waals surface area contributed by atoms with Crippen LogP contribution in [0.3, 0.4) is 0 Å². The largest absolute Gasteiger partial charge is 0.382 e. The average molecular weight is 426 g/mol. The van der Waals surface area contributed by atoms with Gasteiger partial charge in [-0.1, -0.05) is 0 Å². The van der Waals surface area contributed by atoms with Crippen molar-refractivity contribution in [3.63, 3.8) is 0 Å². The number of amides is 1. The molecular formula is C23H31N5O3. The van der Waals surface area contributed by atoms with Crippen LogP contribution in [0.1, 0.15) is 45.9 Å². The number of aromatic nitrogens is 3. The number of fused-ring (bicyclic) bond motifs is 3. The highest BCUT2D eigenvalue weighted by atomic mass is 16.5. The fourth-order valence-electron chi connectivity index (χ4n) is 4.12. The van der Waals surface area contributed by atoms with Crippen molar-refractivity contribution in [3.05, 3.63) is 24.0 Å². The topological polar surface area (TPSA) is 95.5 Å². The summed E-state index contributed by atoms with van der Waals surface area (Å²) in [4.78, 5) is 23.4. The zero-order chi connectivity index (χ0) is 22.0. The highest BCUT2D eigenvalue weighted by molar-refractivity contribution is 6.08. The summed E-state index contributed by atoms with van der Waals surface area (Å²) in [6.07, 6.45) is 2.54. The molecule has 0 radical (unpaired) electrons. The Bertz CT molecular complexity index is 1090. The van der Waals surface area contributed by atoms with E-state index in [-0.39, 0.29) is 12.0 Å². The van der Waals surface area contributed by atoms with Gasteiger partial charge in [0.05, 0.1) is 17.1 Å². The Hall–Kier alpha value is -2.71. The predicted octanol–water partition coefficient (Wildman–Crippen LogP) is 3.65. The van der Waals surface area contributed by atoms with E-state index in [4.69, 9.17) is 20.2 Å². The molecule has 1 aromatic carbocycles. The van der Waals surface area contributed by atoms with Gasteiger partial charge in [-0.3, -0.25) is 4.79 Å². The molecule has 0 aliphatic carbocycles. The number of nitrogens with two attached hydrogens (primary N) is 1. The van der Waals surface area contributed by atoms with E-state index < -0.39 is 0 Å². The lowest BCUT2D eigenvalue weighted by Gasteiger charge is -2.17. The summed E-state index contributed by atoms with van der Waals surface area (Å²) >= 11 is 0. The molecule has 1 saturated heterocycles. The van der Waals surface area contributed by atoms with E-state index in [9.17, 15) is 4.79 Å². The minimum Gasteiger partial charge on any atom is -0.382 e. The van der Waals surface area contributed by atoms with Gasteiger partial charge in [0.25, 0.3) is 0 Å². The summed E-state index contributed by atoms with van der Waals surface area (Å²) in [5.41, 5.74) is 9.61. The number of pyridine rings is 1. The van der Waals surface area contributed by atoms with Crippen molar-refractivity contribution in [1.29, 1.82) is 0 Å². The number of carbonyl (C=O) groups excluding carboxylic acids is 1. The first-order chi connectivity index (χ1) is 15.0. The Balaban J connectivity index is 1.78. The van der Waals surface area contributed by atoms with Crippen molar-refractivity contribution < 1.29 is 14.3 Å². The molecule has 8 nitrogen and oxygen atoms in total. The van der Waals surface area contributed by atoms with Gasteiger partial charge in [0.1, 0.15) is 17.9 Å². The van der Waals surface area contributed by atoms with Crippen molar-refractivity contribution in [2.75, 3.05) is 30.4 Å². The molecule has 3 heterocycles. The number of aryl methyl sites for hydroxylation is 1. The zero-order valence-electron chi connectivity index (χ0n) is 18.6. The van der Waals surface area contributed by atoms with Crippen molar-refractivity contribution in [2.45, 2.75) is 59.3 Å². The number of hydrogen-bond acceptors (Lipinski definition) is 6. The van der Waals surface area contributed by atoms with Crippen LogP contribution >= 0.6 is 0 Å². The smallest absolute Gasteiger partial charge is 0.227 e. The quantitative estimate of drug-likeness (QED) is 0.526. The Kier molecular flexibility index (Phi) is 6.38. The maximum Gasteiger partial charge on any atom is 0.227 e. The van der Waals surface area contributed by atoms with E-state index in [1.807, 2.05) is 43.9 Å². The summed E-state index contributed by atoms with van der Waals surface area (Å²) in [5, 5.41) is 0.972. The number of anilines is 2. The minimum atomic E-state index is 0.155.